The maximum absolute atomic E-state index is 11.8. The lowest BCUT2D eigenvalue weighted by Crippen LogP contribution is -2.22. The Hall–Kier alpha value is -2.26. The number of aromatic nitrogens is 3. The number of carbonyl (C=O) groups is 1. The predicted octanol–water partition coefficient (Wildman–Crippen LogP) is 0.709. The molecule has 0 aliphatic carbocycles. The second-order valence-electron chi connectivity index (χ2n) is 4.53. The summed E-state index contributed by atoms with van der Waals surface area (Å²) in [7, 11) is 3.34. The van der Waals surface area contributed by atoms with Crippen molar-refractivity contribution in [3.05, 3.63) is 33.2 Å². The first-order valence-electron chi connectivity index (χ1n) is 6.41. The molecule has 0 aliphatic rings. The van der Waals surface area contributed by atoms with Crippen molar-refractivity contribution in [3.8, 4) is 5.75 Å². The van der Waals surface area contributed by atoms with Crippen LogP contribution in [0.15, 0.2) is 17.1 Å². The minimum absolute atomic E-state index is 0.126. The minimum Gasteiger partial charge on any atom is -0.478 e. The molecule has 0 spiro atoms. The first-order valence-corrected chi connectivity index (χ1v) is 7.22. The van der Waals surface area contributed by atoms with Crippen LogP contribution in [0, 0.1) is 6.92 Å². The molecule has 0 radical (unpaired) electrons. The van der Waals surface area contributed by atoms with Gasteiger partial charge in [-0.1, -0.05) is 11.3 Å². The van der Waals surface area contributed by atoms with Crippen molar-refractivity contribution < 1.29 is 14.3 Å². The zero-order chi connectivity index (χ0) is 16.1. The van der Waals surface area contributed by atoms with Crippen molar-refractivity contribution >= 4 is 22.4 Å². The Kier molecular flexibility index (Phi) is 5.23. The van der Waals surface area contributed by atoms with E-state index in [2.05, 4.69) is 15.5 Å². The lowest BCUT2D eigenvalue weighted by Gasteiger charge is -2.08. The van der Waals surface area contributed by atoms with E-state index in [0.29, 0.717) is 16.7 Å². The maximum Gasteiger partial charge on any atom is 0.264 e. The average Bonchev–Trinajstić information content (AvgIpc) is 2.89. The highest BCUT2D eigenvalue weighted by Gasteiger charge is 2.10. The summed E-state index contributed by atoms with van der Waals surface area (Å²) in [6.45, 7) is 1.87. The Bertz CT molecular complexity index is 725. The topological polar surface area (TPSA) is 95.3 Å². The van der Waals surface area contributed by atoms with Gasteiger partial charge in [0.1, 0.15) is 11.6 Å². The molecule has 0 aliphatic heterocycles. The Morgan fingerprint density at radius 2 is 2.23 bits per heavy atom. The fraction of sp³-hybridized carbons (Fsp3) is 0.385. The van der Waals surface area contributed by atoms with Crippen LogP contribution in [0.1, 0.15) is 10.7 Å². The number of nitrogens with zero attached hydrogens (tertiary/aromatic N) is 3. The first kappa shape index (κ1) is 16.1. The number of carbonyl (C=O) groups excluding carboxylic acids is 1. The number of nitrogens with one attached hydrogen (secondary N) is 1. The van der Waals surface area contributed by atoms with Gasteiger partial charge >= 0.3 is 0 Å². The smallest absolute Gasteiger partial charge is 0.264 e. The van der Waals surface area contributed by atoms with Crippen LogP contribution in [0.2, 0.25) is 0 Å². The van der Waals surface area contributed by atoms with Crippen molar-refractivity contribution in [2.45, 2.75) is 13.5 Å². The van der Waals surface area contributed by atoms with E-state index in [-0.39, 0.29) is 17.8 Å². The van der Waals surface area contributed by atoms with Gasteiger partial charge in [-0.25, -0.2) is 0 Å². The largest absolute Gasteiger partial charge is 0.478 e. The number of rotatable bonds is 6. The van der Waals surface area contributed by atoms with Gasteiger partial charge in [0.2, 0.25) is 10.6 Å². The summed E-state index contributed by atoms with van der Waals surface area (Å²) in [5.41, 5.74) is 0.544. The van der Waals surface area contributed by atoms with Gasteiger partial charge < -0.3 is 14.0 Å². The van der Waals surface area contributed by atoms with E-state index < -0.39 is 5.91 Å². The van der Waals surface area contributed by atoms with Crippen molar-refractivity contribution in [2.24, 2.45) is 7.05 Å². The van der Waals surface area contributed by atoms with Crippen LogP contribution in [-0.4, -0.2) is 34.4 Å². The van der Waals surface area contributed by atoms with Gasteiger partial charge in [0, 0.05) is 32.1 Å². The number of amides is 1. The molecule has 0 bridgehead atoms. The number of ether oxygens (including phenoxy) is 2. The van der Waals surface area contributed by atoms with Crippen LogP contribution in [0.4, 0.5) is 5.13 Å². The van der Waals surface area contributed by atoms with Gasteiger partial charge in [-0.15, -0.1) is 10.2 Å². The van der Waals surface area contributed by atoms with E-state index in [1.165, 1.54) is 17.4 Å². The molecule has 0 aromatic carbocycles. The number of hydrogen-bond donors (Lipinski definition) is 1. The van der Waals surface area contributed by atoms with Gasteiger partial charge in [0.05, 0.1) is 0 Å². The summed E-state index contributed by atoms with van der Waals surface area (Å²) in [4.78, 5) is 23.5. The summed E-state index contributed by atoms with van der Waals surface area (Å²) in [6.07, 6.45) is 1.55. The van der Waals surface area contributed by atoms with Crippen LogP contribution in [0.5, 0.6) is 5.75 Å². The molecule has 0 fully saturated rings. The van der Waals surface area contributed by atoms with Gasteiger partial charge in [0.25, 0.3) is 5.91 Å². The molecule has 22 heavy (non-hydrogen) atoms. The van der Waals surface area contributed by atoms with Crippen LogP contribution in [-0.2, 0) is 23.2 Å². The highest BCUT2D eigenvalue weighted by molar-refractivity contribution is 7.15. The highest BCUT2D eigenvalue weighted by Crippen LogP contribution is 2.15. The number of anilines is 1. The molecule has 0 atom stereocenters. The third-order valence-corrected chi connectivity index (χ3v) is 3.60. The van der Waals surface area contributed by atoms with E-state index in [1.54, 1.807) is 24.9 Å². The summed E-state index contributed by atoms with van der Waals surface area (Å²) < 4.78 is 11.9. The summed E-state index contributed by atoms with van der Waals surface area (Å²) >= 11 is 1.21. The average molecular weight is 324 g/mol. The van der Waals surface area contributed by atoms with Gasteiger partial charge in [0.15, 0.2) is 12.4 Å². The van der Waals surface area contributed by atoms with Crippen LogP contribution in [0.3, 0.4) is 0 Å². The summed E-state index contributed by atoms with van der Waals surface area (Å²) in [6, 6.07) is 1.45. The van der Waals surface area contributed by atoms with Crippen LogP contribution in [0.25, 0.3) is 0 Å². The fourth-order valence-electron chi connectivity index (χ4n) is 1.60. The molecule has 9 heteroatoms. The Balaban J connectivity index is 1.92. The number of hydrogen-bond acceptors (Lipinski definition) is 7. The van der Waals surface area contributed by atoms with Crippen molar-refractivity contribution in [3.63, 3.8) is 0 Å². The Labute approximate surface area is 130 Å². The lowest BCUT2D eigenvalue weighted by atomic mass is 10.3. The number of pyridine rings is 1. The van der Waals surface area contributed by atoms with Crippen molar-refractivity contribution in [1.82, 2.24) is 14.8 Å². The molecule has 2 aromatic heterocycles. The Morgan fingerprint density at radius 3 is 2.95 bits per heavy atom. The van der Waals surface area contributed by atoms with Crippen molar-refractivity contribution in [1.29, 1.82) is 0 Å². The second-order valence-corrected chi connectivity index (χ2v) is 5.59. The molecular weight excluding hydrogens is 308 g/mol. The zero-order valence-corrected chi connectivity index (χ0v) is 13.3. The van der Waals surface area contributed by atoms with Gasteiger partial charge in [-0.05, 0) is 6.92 Å². The molecule has 1 N–H and O–H groups in total. The third kappa shape index (κ3) is 4.12. The van der Waals surface area contributed by atoms with Gasteiger partial charge in [-0.2, -0.15) is 0 Å². The molecule has 0 saturated carbocycles. The minimum atomic E-state index is -0.414. The SMILES string of the molecule is COCc1nnc(NC(=O)COc2cn(C)c(C)cc2=O)s1. The zero-order valence-electron chi connectivity index (χ0n) is 12.5. The number of aryl methyl sites for hydroxylation is 2. The second kappa shape index (κ2) is 7.14. The predicted molar refractivity (Wildman–Crippen MR) is 81.2 cm³/mol. The van der Waals surface area contributed by atoms with Gasteiger partial charge in [-0.3, -0.25) is 14.9 Å². The van der Waals surface area contributed by atoms with E-state index in [9.17, 15) is 9.59 Å². The maximum atomic E-state index is 11.8. The van der Waals surface area contributed by atoms with E-state index in [1.807, 2.05) is 6.92 Å². The molecule has 2 aromatic rings. The first-order chi connectivity index (χ1) is 10.5. The highest BCUT2D eigenvalue weighted by atomic mass is 32.1. The van der Waals surface area contributed by atoms with Crippen molar-refractivity contribution in [2.75, 3.05) is 19.0 Å². The molecule has 0 saturated heterocycles. The fourth-order valence-corrected chi connectivity index (χ4v) is 2.33. The molecule has 8 nitrogen and oxygen atoms in total. The van der Waals surface area contributed by atoms with Crippen LogP contribution < -0.4 is 15.5 Å². The lowest BCUT2D eigenvalue weighted by molar-refractivity contribution is -0.118. The van der Waals surface area contributed by atoms with Crippen LogP contribution >= 0.6 is 11.3 Å². The summed E-state index contributed by atoms with van der Waals surface area (Å²) in [5, 5.41) is 11.2. The Morgan fingerprint density at radius 1 is 1.45 bits per heavy atom. The molecule has 2 rings (SSSR count). The molecular formula is C13H16N4O4S. The van der Waals surface area contributed by atoms with E-state index >= 15 is 0 Å². The van der Waals surface area contributed by atoms with E-state index in [0.717, 1.165) is 5.69 Å². The molecule has 0 unspecified atom stereocenters. The molecule has 1 amide bonds. The normalized spacial score (nSPS) is 10.5. The van der Waals surface area contributed by atoms with E-state index in [4.69, 9.17) is 9.47 Å². The monoisotopic (exact) mass is 324 g/mol. The molecule has 2 heterocycles. The number of methoxy groups -OCH3 is 1. The third-order valence-electron chi connectivity index (χ3n) is 2.79. The quantitative estimate of drug-likeness (QED) is 0.841. The molecule has 118 valence electrons. The summed E-state index contributed by atoms with van der Waals surface area (Å²) in [5.74, 6) is -0.289. The standard InChI is InChI=1S/C13H16N4O4S/c1-8-4-9(18)10(5-17(8)2)21-6-11(19)14-13-16-15-12(22-13)7-20-3/h4-5H,6-7H2,1-3H3,(H,14,16,19).